The summed E-state index contributed by atoms with van der Waals surface area (Å²) in [5, 5.41) is 0. The van der Waals surface area contributed by atoms with Crippen molar-refractivity contribution in [2.45, 2.75) is 39.7 Å². The molecule has 0 saturated heterocycles. The molecule has 0 saturated carbocycles. The molecule has 1 atom stereocenters. The maximum atomic E-state index is 11.8. The average molecular weight is 246 g/mol. The van der Waals surface area contributed by atoms with Crippen LogP contribution in [-0.2, 0) is 9.53 Å². The van der Waals surface area contributed by atoms with Crippen LogP contribution in [-0.4, -0.2) is 41.6 Å². The molecule has 16 heavy (non-hydrogen) atoms. The summed E-state index contributed by atoms with van der Waals surface area (Å²) in [5.74, 6) is -0.178. The van der Waals surface area contributed by atoms with E-state index in [2.05, 4.69) is 0 Å². The fourth-order valence-corrected chi connectivity index (χ4v) is 1.77. The van der Waals surface area contributed by atoms with E-state index in [0.29, 0.717) is 18.1 Å². The van der Waals surface area contributed by atoms with E-state index in [1.54, 1.807) is 0 Å². The van der Waals surface area contributed by atoms with Crippen molar-refractivity contribution in [1.29, 1.82) is 0 Å². The number of nitrogens with zero attached hydrogens (tertiary/aromatic N) is 1. The van der Waals surface area contributed by atoms with Gasteiger partial charge in [-0.1, -0.05) is 32.5 Å². The highest BCUT2D eigenvalue weighted by molar-refractivity contribution is 7.80. The van der Waals surface area contributed by atoms with Crippen LogP contribution in [0.15, 0.2) is 0 Å². The van der Waals surface area contributed by atoms with Crippen molar-refractivity contribution < 1.29 is 9.53 Å². The van der Waals surface area contributed by atoms with Gasteiger partial charge in [-0.25, -0.2) is 0 Å². The third-order valence-electron chi connectivity index (χ3n) is 2.33. The molecule has 0 fully saturated rings. The van der Waals surface area contributed by atoms with Crippen LogP contribution in [0.1, 0.15) is 33.6 Å². The van der Waals surface area contributed by atoms with E-state index in [1.807, 2.05) is 25.7 Å². The van der Waals surface area contributed by atoms with Crippen molar-refractivity contribution in [3.8, 4) is 0 Å². The van der Waals surface area contributed by atoms with Crippen molar-refractivity contribution in [1.82, 2.24) is 4.90 Å². The van der Waals surface area contributed by atoms with E-state index >= 15 is 0 Å². The summed E-state index contributed by atoms with van der Waals surface area (Å²) >= 11 is 4.88. The quantitative estimate of drug-likeness (QED) is 0.517. The van der Waals surface area contributed by atoms with E-state index in [0.717, 1.165) is 19.4 Å². The fourth-order valence-electron chi connectivity index (χ4n) is 1.60. The molecule has 0 amide bonds. The Hall–Kier alpha value is -0.680. The maximum Gasteiger partial charge on any atom is 0.323 e. The van der Waals surface area contributed by atoms with Crippen LogP contribution in [0.2, 0.25) is 0 Å². The first-order valence-corrected chi connectivity index (χ1v) is 6.16. The number of hydrogen-bond donors (Lipinski definition) is 1. The summed E-state index contributed by atoms with van der Waals surface area (Å²) in [7, 11) is 0. The first-order chi connectivity index (χ1) is 7.56. The van der Waals surface area contributed by atoms with Crippen molar-refractivity contribution in [2.75, 3.05) is 19.7 Å². The van der Waals surface area contributed by atoms with Gasteiger partial charge in [0.15, 0.2) is 0 Å². The molecule has 0 radical (unpaired) electrons. The maximum absolute atomic E-state index is 11.8. The Balaban J connectivity index is 4.56. The van der Waals surface area contributed by atoms with Gasteiger partial charge in [0.05, 0.1) is 11.6 Å². The second-order valence-electron chi connectivity index (χ2n) is 3.59. The Bertz CT molecular complexity index is 234. The Kier molecular flexibility index (Phi) is 8.11. The number of carbonyl (C=O) groups is 1. The highest BCUT2D eigenvalue weighted by atomic mass is 32.1. The second kappa shape index (κ2) is 8.47. The lowest BCUT2D eigenvalue weighted by Gasteiger charge is -2.28. The third kappa shape index (κ3) is 5.42. The molecule has 0 aliphatic heterocycles. The zero-order valence-corrected chi connectivity index (χ0v) is 11.2. The molecular weight excluding hydrogens is 224 g/mol. The van der Waals surface area contributed by atoms with E-state index in [4.69, 9.17) is 22.7 Å². The van der Waals surface area contributed by atoms with Crippen molar-refractivity contribution in [3.63, 3.8) is 0 Å². The first-order valence-electron chi connectivity index (χ1n) is 5.75. The molecule has 4 nitrogen and oxygen atoms in total. The summed E-state index contributed by atoms with van der Waals surface area (Å²) in [4.78, 5) is 14.1. The molecule has 5 heteroatoms. The number of hydrogen-bond acceptors (Lipinski definition) is 4. The lowest BCUT2D eigenvalue weighted by molar-refractivity contribution is -0.149. The van der Waals surface area contributed by atoms with Crippen molar-refractivity contribution >= 4 is 23.2 Å². The van der Waals surface area contributed by atoms with Gasteiger partial charge in [0.25, 0.3) is 0 Å². The van der Waals surface area contributed by atoms with Crippen LogP contribution in [0.5, 0.6) is 0 Å². The summed E-state index contributed by atoms with van der Waals surface area (Å²) in [6.07, 6.45) is 1.70. The number of ether oxygens (including phenoxy) is 1. The van der Waals surface area contributed by atoms with Crippen LogP contribution in [0.3, 0.4) is 0 Å². The van der Waals surface area contributed by atoms with Crippen LogP contribution < -0.4 is 5.73 Å². The summed E-state index contributed by atoms with van der Waals surface area (Å²) in [5.41, 5.74) is 5.51. The molecule has 0 aliphatic rings. The van der Waals surface area contributed by atoms with Crippen LogP contribution in [0, 0.1) is 0 Å². The number of esters is 1. The fraction of sp³-hybridized carbons (Fsp3) is 0.818. The highest BCUT2D eigenvalue weighted by Gasteiger charge is 2.25. The standard InChI is InChI=1S/C11H22N2O2S/c1-4-7-9(11(14)15-6-3)13(5-2)8-10(12)16/h9H,4-8H2,1-3H3,(H2,12,16). The zero-order valence-electron chi connectivity index (χ0n) is 10.4. The Morgan fingerprint density at radius 1 is 1.44 bits per heavy atom. The van der Waals surface area contributed by atoms with E-state index in [9.17, 15) is 4.79 Å². The lowest BCUT2D eigenvalue weighted by atomic mass is 10.1. The van der Waals surface area contributed by atoms with E-state index in [-0.39, 0.29) is 12.0 Å². The smallest absolute Gasteiger partial charge is 0.323 e. The Morgan fingerprint density at radius 3 is 2.44 bits per heavy atom. The largest absolute Gasteiger partial charge is 0.465 e. The summed E-state index contributed by atoms with van der Waals surface area (Å²) in [6, 6.07) is -0.226. The second-order valence-corrected chi connectivity index (χ2v) is 4.11. The van der Waals surface area contributed by atoms with Gasteiger partial charge in [0.2, 0.25) is 0 Å². The van der Waals surface area contributed by atoms with Gasteiger partial charge in [-0.15, -0.1) is 0 Å². The minimum atomic E-state index is -0.226. The number of likely N-dealkylation sites (N-methyl/N-ethyl adjacent to an activating group) is 1. The number of thiocarbonyl (C=S) groups is 1. The van der Waals surface area contributed by atoms with E-state index < -0.39 is 0 Å². The Morgan fingerprint density at radius 2 is 2.06 bits per heavy atom. The molecular formula is C11H22N2O2S. The molecule has 0 bridgehead atoms. The average Bonchev–Trinajstić information content (AvgIpc) is 2.23. The highest BCUT2D eigenvalue weighted by Crippen LogP contribution is 2.09. The van der Waals surface area contributed by atoms with Gasteiger partial charge in [0.1, 0.15) is 6.04 Å². The zero-order chi connectivity index (χ0) is 12.6. The molecule has 0 aromatic carbocycles. The molecule has 0 aromatic heterocycles. The molecule has 1 unspecified atom stereocenters. The van der Waals surface area contributed by atoms with Crippen LogP contribution in [0.25, 0.3) is 0 Å². The topological polar surface area (TPSA) is 55.6 Å². The normalized spacial score (nSPS) is 12.5. The molecule has 0 aliphatic carbocycles. The van der Waals surface area contributed by atoms with Crippen molar-refractivity contribution in [3.05, 3.63) is 0 Å². The third-order valence-corrected chi connectivity index (χ3v) is 2.46. The van der Waals surface area contributed by atoms with Gasteiger partial charge in [0, 0.05) is 6.54 Å². The van der Waals surface area contributed by atoms with Gasteiger partial charge < -0.3 is 10.5 Å². The lowest BCUT2D eigenvalue weighted by Crippen LogP contribution is -2.45. The SMILES string of the molecule is CCCC(C(=O)OCC)N(CC)CC(N)=S. The van der Waals surface area contributed by atoms with Gasteiger partial charge in [-0.3, -0.25) is 9.69 Å². The van der Waals surface area contributed by atoms with Gasteiger partial charge in [-0.2, -0.15) is 0 Å². The van der Waals surface area contributed by atoms with Gasteiger partial charge in [-0.05, 0) is 19.9 Å². The predicted molar refractivity (Wildman–Crippen MR) is 69.4 cm³/mol. The molecule has 0 aromatic rings. The van der Waals surface area contributed by atoms with Crippen LogP contribution in [0.4, 0.5) is 0 Å². The number of nitrogens with two attached hydrogens (primary N) is 1. The van der Waals surface area contributed by atoms with Gasteiger partial charge >= 0.3 is 5.97 Å². The summed E-state index contributed by atoms with van der Waals surface area (Å²) < 4.78 is 5.06. The van der Waals surface area contributed by atoms with Crippen LogP contribution >= 0.6 is 12.2 Å². The number of carbonyl (C=O) groups excluding carboxylic acids is 1. The minimum absolute atomic E-state index is 0.178. The molecule has 2 N–H and O–H groups in total. The summed E-state index contributed by atoms with van der Waals surface area (Å²) in [6.45, 7) is 7.45. The minimum Gasteiger partial charge on any atom is -0.465 e. The molecule has 94 valence electrons. The molecule has 0 rings (SSSR count). The predicted octanol–water partition coefficient (Wildman–Crippen LogP) is 1.33. The van der Waals surface area contributed by atoms with E-state index in [1.165, 1.54) is 0 Å². The first kappa shape index (κ1) is 15.3. The Labute approximate surface area is 103 Å². The monoisotopic (exact) mass is 246 g/mol. The molecule has 0 heterocycles. The molecule has 0 spiro atoms. The van der Waals surface area contributed by atoms with Crippen molar-refractivity contribution in [2.24, 2.45) is 5.73 Å². The number of rotatable bonds is 8.